The van der Waals surface area contributed by atoms with Gasteiger partial charge in [0.2, 0.25) is 0 Å². The van der Waals surface area contributed by atoms with Crippen molar-refractivity contribution in [2.24, 2.45) is 0 Å². The fourth-order valence-corrected chi connectivity index (χ4v) is 3.38. The SMILES string of the molecule is CC(C)(C)c1cc2ccc3ccc(C=O)c4ccc(c1)c2c34. The molecule has 0 heterocycles. The van der Waals surface area contributed by atoms with Gasteiger partial charge < -0.3 is 0 Å². The first-order chi connectivity index (χ1) is 10.5. The number of benzene rings is 4. The Morgan fingerprint density at radius 2 is 1.36 bits per heavy atom. The maximum absolute atomic E-state index is 11.3. The van der Waals surface area contributed by atoms with Gasteiger partial charge in [0.1, 0.15) is 0 Å². The van der Waals surface area contributed by atoms with Crippen LogP contribution in [0.5, 0.6) is 0 Å². The Kier molecular flexibility index (Phi) is 2.59. The van der Waals surface area contributed by atoms with E-state index >= 15 is 0 Å². The van der Waals surface area contributed by atoms with Crippen LogP contribution in [-0.2, 0) is 5.41 Å². The number of hydrogen-bond acceptors (Lipinski definition) is 1. The number of rotatable bonds is 1. The molecule has 0 aliphatic rings. The monoisotopic (exact) mass is 286 g/mol. The normalized spacial score (nSPS) is 12.5. The summed E-state index contributed by atoms with van der Waals surface area (Å²) >= 11 is 0. The third kappa shape index (κ3) is 1.75. The van der Waals surface area contributed by atoms with E-state index in [-0.39, 0.29) is 5.41 Å². The minimum atomic E-state index is 0.123. The van der Waals surface area contributed by atoms with Gasteiger partial charge in [0.25, 0.3) is 0 Å². The van der Waals surface area contributed by atoms with Gasteiger partial charge in [-0.15, -0.1) is 0 Å². The lowest BCUT2D eigenvalue weighted by atomic mass is 9.83. The van der Waals surface area contributed by atoms with Gasteiger partial charge in [-0.3, -0.25) is 4.79 Å². The summed E-state index contributed by atoms with van der Waals surface area (Å²) in [6, 6.07) is 17.1. The van der Waals surface area contributed by atoms with E-state index in [9.17, 15) is 4.79 Å². The molecule has 0 saturated heterocycles. The smallest absolute Gasteiger partial charge is 0.150 e. The van der Waals surface area contributed by atoms with Crippen molar-refractivity contribution in [3.8, 4) is 0 Å². The molecule has 0 N–H and O–H groups in total. The molecule has 4 aromatic rings. The van der Waals surface area contributed by atoms with Gasteiger partial charge in [-0.1, -0.05) is 69.3 Å². The summed E-state index contributed by atoms with van der Waals surface area (Å²) in [6.45, 7) is 6.72. The van der Waals surface area contributed by atoms with Gasteiger partial charge in [0, 0.05) is 5.56 Å². The molecule has 0 aromatic heterocycles. The topological polar surface area (TPSA) is 17.1 Å². The van der Waals surface area contributed by atoms with Crippen molar-refractivity contribution in [2.45, 2.75) is 26.2 Å². The lowest BCUT2D eigenvalue weighted by molar-refractivity contribution is 0.112. The van der Waals surface area contributed by atoms with Crippen LogP contribution >= 0.6 is 0 Å². The second-order valence-corrected chi connectivity index (χ2v) is 7.10. The maximum atomic E-state index is 11.3. The Hall–Kier alpha value is -2.41. The van der Waals surface area contributed by atoms with E-state index in [1.807, 2.05) is 12.1 Å². The summed E-state index contributed by atoms with van der Waals surface area (Å²) in [5.74, 6) is 0. The quantitative estimate of drug-likeness (QED) is 0.324. The molecule has 0 spiro atoms. The van der Waals surface area contributed by atoms with Crippen LogP contribution in [0.3, 0.4) is 0 Å². The van der Waals surface area contributed by atoms with Crippen LogP contribution in [0.25, 0.3) is 32.3 Å². The lowest BCUT2D eigenvalue weighted by Gasteiger charge is -2.21. The Balaban J connectivity index is 2.24. The summed E-state index contributed by atoms with van der Waals surface area (Å²) < 4.78 is 0. The molecular formula is C21H18O. The van der Waals surface area contributed by atoms with E-state index in [4.69, 9.17) is 0 Å². The number of carbonyl (C=O) groups is 1. The van der Waals surface area contributed by atoms with Crippen LogP contribution in [0.2, 0.25) is 0 Å². The van der Waals surface area contributed by atoms with Gasteiger partial charge in [-0.25, -0.2) is 0 Å². The Morgan fingerprint density at radius 1 is 0.773 bits per heavy atom. The first-order valence-electron chi connectivity index (χ1n) is 7.66. The molecule has 0 unspecified atom stereocenters. The molecule has 0 aliphatic carbocycles. The highest BCUT2D eigenvalue weighted by Crippen LogP contribution is 2.38. The minimum Gasteiger partial charge on any atom is -0.298 e. The van der Waals surface area contributed by atoms with Crippen molar-refractivity contribution < 1.29 is 4.79 Å². The third-order valence-corrected chi connectivity index (χ3v) is 4.63. The molecular weight excluding hydrogens is 268 g/mol. The third-order valence-electron chi connectivity index (χ3n) is 4.63. The van der Waals surface area contributed by atoms with Crippen molar-refractivity contribution in [2.75, 3.05) is 0 Å². The van der Waals surface area contributed by atoms with Crippen molar-refractivity contribution >= 4 is 38.6 Å². The van der Waals surface area contributed by atoms with Crippen LogP contribution in [0.1, 0.15) is 36.7 Å². The standard InChI is InChI=1S/C21H18O/c1-21(2,3)17-10-14-6-4-13-5-7-16(12-22)18-9-8-15(11-17)19(14)20(13)18/h4-12H,1-3H3. The highest BCUT2D eigenvalue weighted by Gasteiger charge is 2.17. The van der Waals surface area contributed by atoms with E-state index < -0.39 is 0 Å². The summed E-state index contributed by atoms with van der Waals surface area (Å²) in [4.78, 5) is 11.3. The van der Waals surface area contributed by atoms with Crippen molar-refractivity contribution in [3.63, 3.8) is 0 Å². The van der Waals surface area contributed by atoms with E-state index in [2.05, 4.69) is 57.2 Å². The molecule has 0 fully saturated rings. The average Bonchev–Trinajstić information content (AvgIpc) is 2.51. The van der Waals surface area contributed by atoms with E-state index in [0.29, 0.717) is 0 Å². The first-order valence-corrected chi connectivity index (χ1v) is 7.66. The van der Waals surface area contributed by atoms with Crippen LogP contribution < -0.4 is 0 Å². The summed E-state index contributed by atoms with van der Waals surface area (Å²) in [7, 11) is 0. The van der Waals surface area contributed by atoms with Gasteiger partial charge in [-0.2, -0.15) is 0 Å². The second-order valence-electron chi connectivity index (χ2n) is 7.10. The molecule has 4 aromatic carbocycles. The molecule has 0 atom stereocenters. The summed E-state index contributed by atoms with van der Waals surface area (Å²) in [5.41, 5.74) is 2.23. The van der Waals surface area contributed by atoms with Crippen LogP contribution in [0, 0.1) is 0 Å². The van der Waals surface area contributed by atoms with Gasteiger partial charge >= 0.3 is 0 Å². The molecule has 4 rings (SSSR count). The summed E-state index contributed by atoms with van der Waals surface area (Å²) in [6.07, 6.45) is 0.951. The van der Waals surface area contributed by atoms with Gasteiger partial charge in [0.15, 0.2) is 6.29 Å². The van der Waals surface area contributed by atoms with E-state index in [1.54, 1.807) is 0 Å². The van der Waals surface area contributed by atoms with Gasteiger partial charge in [0.05, 0.1) is 0 Å². The van der Waals surface area contributed by atoms with Crippen LogP contribution in [0.15, 0.2) is 48.5 Å². The predicted molar refractivity (Wildman–Crippen MR) is 94.2 cm³/mol. The average molecular weight is 286 g/mol. The number of aldehydes is 1. The zero-order valence-electron chi connectivity index (χ0n) is 13.1. The Labute approximate surface area is 129 Å². The van der Waals surface area contributed by atoms with Crippen LogP contribution in [-0.4, -0.2) is 6.29 Å². The zero-order chi connectivity index (χ0) is 15.5. The van der Waals surface area contributed by atoms with Crippen molar-refractivity contribution in [1.82, 2.24) is 0 Å². The predicted octanol–water partition coefficient (Wildman–Crippen LogP) is 5.69. The van der Waals surface area contributed by atoms with E-state index in [1.165, 1.54) is 32.5 Å². The molecule has 0 radical (unpaired) electrons. The fraction of sp³-hybridized carbons (Fsp3) is 0.190. The molecule has 0 amide bonds. The minimum absolute atomic E-state index is 0.123. The van der Waals surface area contributed by atoms with Crippen molar-refractivity contribution in [3.05, 3.63) is 59.7 Å². The summed E-state index contributed by atoms with van der Waals surface area (Å²) in [5, 5.41) is 7.23. The molecule has 1 nitrogen and oxygen atoms in total. The number of carbonyl (C=O) groups excluding carboxylic acids is 1. The molecule has 0 bridgehead atoms. The molecule has 0 saturated carbocycles. The lowest BCUT2D eigenvalue weighted by Crippen LogP contribution is -2.10. The largest absolute Gasteiger partial charge is 0.298 e. The Morgan fingerprint density at radius 3 is 2.00 bits per heavy atom. The molecule has 22 heavy (non-hydrogen) atoms. The zero-order valence-corrected chi connectivity index (χ0v) is 13.1. The van der Waals surface area contributed by atoms with Crippen molar-refractivity contribution in [1.29, 1.82) is 0 Å². The maximum Gasteiger partial charge on any atom is 0.150 e. The number of hydrogen-bond donors (Lipinski definition) is 0. The molecule has 108 valence electrons. The second kappa shape index (κ2) is 4.30. The highest BCUT2D eigenvalue weighted by molar-refractivity contribution is 6.25. The first kappa shape index (κ1) is 13.3. The Bertz CT molecular complexity index is 1000. The van der Waals surface area contributed by atoms with Crippen LogP contribution in [0.4, 0.5) is 0 Å². The van der Waals surface area contributed by atoms with E-state index in [0.717, 1.165) is 17.2 Å². The molecule has 0 aliphatic heterocycles. The highest BCUT2D eigenvalue weighted by atomic mass is 16.1. The van der Waals surface area contributed by atoms with Gasteiger partial charge in [-0.05, 0) is 43.3 Å². The fourth-order valence-electron chi connectivity index (χ4n) is 3.38. The molecule has 1 heteroatoms.